The summed E-state index contributed by atoms with van der Waals surface area (Å²) < 4.78 is 6.15. The molecule has 0 bridgehead atoms. The van der Waals surface area contributed by atoms with Crippen molar-refractivity contribution in [1.82, 2.24) is 19.9 Å². The van der Waals surface area contributed by atoms with Crippen LogP contribution in [0.3, 0.4) is 0 Å². The van der Waals surface area contributed by atoms with E-state index >= 15 is 0 Å². The molecule has 0 radical (unpaired) electrons. The van der Waals surface area contributed by atoms with E-state index in [1.807, 2.05) is 103 Å². The van der Waals surface area contributed by atoms with Crippen LogP contribution in [0.5, 0.6) is 0 Å². The summed E-state index contributed by atoms with van der Waals surface area (Å²) >= 11 is 0. The Morgan fingerprint density at radius 1 is 0.469 bits per heavy atom. The van der Waals surface area contributed by atoms with Crippen molar-refractivity contribution in [1.29, 1.82) is 5.26 Å². The van der Waals surface area contributed by atoms with Crippen molar-refractivity contribution in [3.63, 3.8) is 0 Å². The zero-order valence-corrected chi connectivity index (χ0v) is 26.1. The van der Waals surface area contributed by atoms with Crippen LogP contribution in [0.15, 0.2) is 156 Å². The largest absolute Gasteiger partial charge is 0.456 e. The van der Waals surface area contributed by atoms with Crippen molar-refractivity contribution in [2.24, 2.45) is 0 Å². The fourth-order valence-corrected chi connectivity index (χ4v) is 6.35. The molecule has 9 rings (SSSR count). The van der Waals surface area contributed by atoms with Gasteiger partial charge in [0.15, 0.2) is 5.82 Å². The van der Waals surface area contributed by atoms with Crippen LogP contribution in [0.25, 0.3) is 89.4 Å². The molecule has 3 heterocycles. The Morgan fingerprint density at radius 3 is 1.88 bits per heavy atom. The number of nitrogens with zero attached hydrogens (tertiary/aromatic N) is 5. The lowest BCUT2D eigenvalue weighted by atomic mass is 9.98. The van der Waals surface area contributed by atoms with E-state index in [2.05, 4.69) is 42.5 Å². The molecule has 0 aliphatic carbocycles. The zero-order chi connectivity index (χ0) is 32.7. The van der Waals surface area contributed by atoms with Gasteiger partial charge in [0, 0.05) is 27.5 Å². The summed E-state index contributed by atoms with van der Waals surface area (Å²) in [6.45, 7) is 0. The van der Waals surface area contributed by atoms with Crippen LogP contribution >= 0.6 is 0 Å². The average Bonchev–Trinajstić information content (AvgIpc) is 3.57. The van der Waals surface area contributed by atoms with Gasteiger partial charge in [-0.15, -0.1) is 0 Å². The Labute approximate surface area is 281 Å². The molecular weight excluding hydrogens is 603 g/mol. The molecule has 3 aromatic heterocycles. The number of furan rings is 1. The summed E-state index contributed by atoms with van der Waals surface area (Å²) in [7, 11) is 0. The molecule has 0 unspecified atom stereocenters. The van der Waals surface area contributed by atoms with Gasteiger partial charge in [-0.05, 0) is 53.6 Å². The first-order valence-electron chi connectivity index (χ1n) is 16.0. The topological polar surface area (TPSA) is 88.5 Å². The van der Waals surface area contributed by atoms with E-state index in [9.17, 15) is 5.26 Å². The van der Waals surface area contributed by atoms with E-state index in [4.69, 9.17) is 24.4 Å². The highest BCUT2D eigenvalue weighted by Crippen LogP contribution is 2.38. The summed E-state index contributed by atoms with van der Waals surface area (Å²) in [6.07, 6.45) is 0. The second kappa shape index (κ2) is 11.7. The monoisotopic (exact) mass is 627 g/mol. The van der Waals surface area contributed by atoms with Gasteiger partial charge in [0.2, 0.25) is 0 Å². The molecule has 0 saturated carbocycles. The molecule has 0 amide bonds. The van der Waals surface area contributed by atoms with Gasteiger partial charge in [0.1, 0.15) is 16.9 Å². The normalized spacial score (nSPS) is 11.2. The van der Waals surface area contributed by atoms with Crippen molar-refractivity contribution in [3.05, 3.63) is 157 Å². The van der Waals surface area contributed by atoms with Crippen molar-refractivity contribution < 1.29 is 4.42 Å². The lowest BCUT2D eigenvalue weighted by Gasteiger charge is -2.13. The second-order valence-electron chi connectivity index (χ2n) is 11.8. The molecule has 6 nitrogen and oxygen atoms in total. The standard InChI is InChI=1S/C43H25N5O/c44-26-27-17-19-30(20-18-27)41-42(46-35-14-6-5-13-34(35)45-41)37-25-36(29-9-2-1-3-10-29)47-43(48-37)31-23-21-28(22-24-31)32-12-8-16-39-40(32)33-11-4-7-15-38(33)49-39/h1-25H. The predicted molar refractivity (Wildman–Crippen MR) is 194 cm³/mol. The van der Waals surface area contributed by atoms with E-state index in [1.165, 1.54) is 0 Å². The average molecular weight is 628 g/mol. The van der Waals surface area contributed by atoms with Gasteiger partial charge in [0.25, 0.3) is 0 Å². The van der Waals surface area contributed by atoms with Crippen molar-refractivity contribution in [2.45, 2.75) is 0 Å². The fourth-order valence-electron chi connectivity index (χ4n) is 6.35. The number of benzene rings is 6. The highest BCUT2D eigenvalue weighted by atomic mass is 16.3. The van der Waals surface area contributed by atoms with E-state index < -0.39 is 0 Å². The summed E-state index contributed by atoms with van der Waals surface area (Å²) in [5.74, 6) is 0.579. The smallest absolute Gasteiger partial charge is 0.160 e. The molecule has 0 atom stereocenters. The maximum Gasteiger partial charge on any atom is 0.160 e. The Balaban J connectivity index is 1.21. The molecule has 49 heavy (non-hydrogen) atoms. The van der Waals surface area contributed by atoms with Crippen molar-refractivity contribution in [2.75, 3.05) is 0 Å². The number of hydrogen-bond donors (Lipinski definition) is 0. The molecule has 6 aromatic carbocycles. The van der Waals surface area contributed by atoms with Gasteiger partial charge < -0.3 is 4.42 Å². The molecule has 0 saturated heterocycles. The molecule has 0 fully saturated rings. The van der Waals surface area contributed by atoms with Gasteiger partial charge in [-0.2, -0.15) is 5.26 Å². The number of fused-ring (bicyclic) bond motifs is 4. The van der Waals surface area contributed by atoms with Gasteiger partial charge >= 0.3 is 0 Å². The minimum atomic E-state index is 0.579. The molecular formula is C43H25N5O. The van der Waals surface area contributed by atoms with E-state index in [-0.39, 0.29) is 0 Å². The van der Waals surface area contributed by atoms with Crippen LogP contribution in [0.2, 0.25) is 0 Å². The first-order valence-corrected chi connectivity index (χ1v) is 16.0. The highest BCUT2D eigenvalue weighted by Gasteiger charge is 2.19. The van der Waals surface area contributed by atoms with Crippen LogP contribution < -0.4 is 0 Å². The van der Waals surface area contributed by atoms with Gasteiger partial charge in [-0.25, -0.2) is 19.9 Å². The Kier molecular flexibility index (Phi) is 6.74. The molecule has 6 heteroatoms. The van der Waals surface area contributed by atoms with Crippen LogP contribution in [0.1, 0.15) is 5.56 Å². The van der Waals surface area contributed by atoms with Gasteiger partial charge in [0.05, 0.1) is 39.7 Å². The predicted octanol–water partition coefficient (Wildman–Crippen LogP) is 10.5. The Morgan fingerprint density at radius 2 is 1.10 bits per heavy atom. The van der Waals surface area contributed by atoms with Crippen LogP contribution in [0, 0.1) is 11.3 Å². The SMILES string of the molecule is N#Cc1ccc(-c2nc3ccccc3nc2-c2cc(-c3ccccc3)nc(-c3ccc(-c4cccc5oc6ccccc6c45)cc3)n2)cc1. The Bertz CT molecular complexity index is 2710. The second-order valence-corrected chi connectivity index (χ2v) is 11.8. The third-order valence-electron chi connectivity index (χ3n) is 8.75. The molecule has 0 N–H and O–H groups in total. The van der Waals surface area contributed by atoms with Gasteiger partial charge in [-0.3, -0.25) is 0 Å². The number of para-hydroxylation sites is 3. The molecule has 0 spiro atoms. The van der Waals surface area contributed by atoms with Crippen LogP contribution in [-0.2, 0) is 0 Å². The maximum atomic E-state index is 9.41. The Hall–Kier alpha value is -6.97. The number of hydrogen-bond acceptors (Lipinski definition) is 6. The van der Waals surface area contributed by atoms with Crippen LogP contribution in [0.4, 0.5) is 0 Å². The lowest BCUT2D eigenvalue weighted by molar-refractivity contribution is 0.669. The van der Waals surface area contributed by atoms with Crippen LogP contribution in [-0.4, -0.2) is 19.9 Å². The number of rotatable bonds is 5. The maximum absolute atomic E-state index is 9.41. The van der Waals surface area contributed by atoms with E-state index in [0.717, 1.165) is 66.5 Å². The van der Waals surface area contributed by atoms with Crippen molar-refractivity contribution >= 4 is 33.0 Å². The van der Waals surface area contributed by atoms with Gasteiger partial charge in [-0.1, -0.05) is 109 Å². The zero-order valence-electron chi connectivity index (χ0n) is 26.1. The lowest BCUT2D eigenvalue weighted by Crippen LogP contribution is -2.01. The molecule has 0 aliphatic rings. The number of nitriles is 1. The summed E-state index contributed by atoms with van der Waals surface area (Å²) in [5.41, 5.74) is 11.5. The molecule has 228 valence electrons. The van der Waals surface area contributed by atoms with Crippen molar-refractivity contribution in [3.8, 4) is 62.5 Å². The van der Waals surface area contributed by atoms with E-state index in [1.54, 1.807) is 12.1 Å². The fraction of sp³-hybridized carbons (Fsp3) is 0. The quantitative estimate of drug-likeness (QED) is 0.189. The molecule has 0 aliphatic heterocycles. The highest BCUT2D eigenvalue weighted by molar-refractivity contribution is 6.12. The minimum Gasteiger partial charge on any atom is -0.456 e. The minimum absolute atomic E-state index is 0.579. The molecule has 9 aromatic rings. The van der Waals surface area contributed by atoms with E-state index in [0.29, 0.717) is 28.5 Å². The summed E-state index contributed by atoms with van der Waals surface area (Å²) in [5, 5.41) is 11.6. The first-order chi connectivity index (χ1) is 24.2. The third kappa shape index (κ3) is 5.07. The first kappa shape index (κ1) is 28.3. The summed E-state index contributed by atoms with van der Waals surface area (Å²) in [6, 6.07) is 52.2. The third-order valence-corrected chi connectivity index (χ3v) is 8.75. The number of aromatic nitrogens is 4. The summed E-state index contributed by atoms with van der Waals surface area (Å²) in [4.78, 5) is 20.4.